The highest BCUT2D eigenvalue weighted by Crippen LogP contribution is 2.36. The zero-order valence-electron chi connectivity index (χ0n) is 17.0. The number of fused-ring (bicyclic) bond motifs is 2. The third-order valence-electron chi connectivity index (χ3n) is 5.95. The molecular formula is C22H23N5O2S. The van der Waals surface area contributed by atoms with Gasteiger partial charge in [0.05, 0.1) is 22.7 Å². The fraction of sp³-hybridized carbons (Fsp3) is 0.364. The quantitative estimate of drug-likeness (QED) is 0.548. The zero-order chi connectivity index (χ0) is 20.8. The molecular weight excluding hydrogens is 398 g/mol. The van der Waals surface area contributed by atoms with Crippen molar-refractivity contribution in [1.29, 1.82) is 0 Å². The van der Waals surface area contributed by atoms with Gasteiger partial charge in [0.1, 0.15) is 5.01 Å². The number of aromatic nitrogens is 4. The number of rotatable bonds is 3. The van der Waals surface area contributed by atoms with E-state index in [1.54, 1.807) is 15.9 Å². The topological polar surface area (TPSA) is 83.4 Å². The van der Waals surface area contributed by atoms with Gasteiger partial charge in [0.15, 0.2) is 5.65 Å². The van der Waals surface area contributed by atoms with Crippen LogP contribution in [0, 0.1) is 13.8 Å². The van der Waals surface area contributed by atoms with Crippen molar-refractivity contribution in [2.45, 2.75) is 45.6 Å². The van der Waals surface area contributed by atoms with Crippen LogP contribution in [0.15, 0.2) is 35.1 Å². The lowest BCUT2D eigenvalue weighted by Crippen LogP contribution is -2.39. The maximum absolute atomic E-state index is 13.4. The summed E-state index contributed by atoms with van der Waals surface area (Å²) in [4.78, 5) is 36.4. The van der Waals surface area contributed by atoms with Gasteiger partial charge in [-0.25, -0.2) is 14.5 Å². The predicted molar refractivity (Wildman–Crippen MR) is 117 cm³/mol. The van der Waals surface area contributed by atoms with Gasteiger partial charge in [0.2, 0.25) is 5.91 Å². The molecule has 4 heterocycles. The van der Waals surface area contributed by atoms with Crippen LogP contribution >= 0.6 is 11.3 Å². The first-order valence-corrected chi connectivity index (χ1v) is 11.1. The molecule has 0 aliphatic carbocycles. The average molecular weight is 422 g/mol. The molecule has 0 bridgehead atoms. The molecule has 1 atom stereocenters. The number of carbonyl (C=O) groups is 1. The Balaban J connectivity index is 1.47. The van der Waals surface area contributed by atoms with Crippen molar-refractivity contribution in [2.24, 2.45) is 0 Å². The zero-order valence-corrected chi connectivity index (χ0v) is 17.8. The number of likely N-dealkylation sites (tertiary alicyclic amines) is 1. The first kappa shape index (κ1) is 19.0. The van der Waals surface area contributed by atoms with E-state index in [2.05, 4.69) is 16.1 Å². The molecule has 1 fully saturated rings. The van der Waals surface area contributed by atoms with Gasteiger partial charge in [0.25, 0.3) is 5.56 Å². The minimum atomic E-state index is -0.194. The Labute approximate surface area is 177 Å². The van der Waals surface area contributed by atoms with Crippen LogP contribution in [0.3, 0.4) is 0 Å². The minimum absolute atomic E-state index is 0.0207. The second kappa shape index (κ2) is 7.36. The summed E-state index contributed by atoms with van der Waals surface area (Å²) < 4.78 is 2.82. The largest absolute Gasteiger partial charge is 0.333 e. The Morgan fingerprint density at radius 1 is 1.23 bits per heavy atom. The van der Waals surface area contributed by atoms with E-state index in [1.807, 2.05) is 36.9 Å². The highest BCUT2D eigenvalue weighted by molar-refractivity contribution is 7.18. The van der Waals surface area contributed by atoms with Crippen LogP contribution in [0.1, 0.15) is 47.3 Å². The van der Waals surface area contributed by atoms with Gasteiger partial charge in [-0.2, -0.15) is 0 Å². The standard InChI is InChI=1S/C22H23N5O2S/c1-13-15(14(2)27-19(23-13)12-20(28)25-27)11-21(29)26-10-6-5-8-17(26)22-24-16-7-3-4-9-18(16)30-22/h3-4,7,9,12,17H,5-6,8,10-11H2,1-2H3,(H,25,28). The van der Waals surface area contributed by atoms with E-state index in [0.717, 1.165) is 58.0 Å². The highest BCUT2D eigenvalue weighted by atomic mass is 32.1. The highest BCUT2D eigenvalue weighted by Gasteiger charge is 2.31. The molecule has 1 N–H and O–H groups in total. The number of para-hydroxylation sites is 1. The number of benzene rings is 1. The van der Waals surface area contributed by atoms with Crippen LogP contribution in [0.25, 0.3) is 15.9 Å². The molecule has 154 valence electrons. The SMILES string of the molecule is Cc1nc2cc(=O)[nH]n2c(C)c1CC(=O)N1CCCCC1c1nc2ccccc2s1. The van der Waals surface area contributed by atoms with E-state index in [4.69, 9.17) is 4.98 Å². The summed E-state index contributed by atoms with van der Waals surface area (Å²) in [5.74, 6) is 0.0841. The van der Waals surface area contributed by atoms with Gasteiger partial charge in [-0.1, -0.05) is 12.1 Å². The summed E-state index contributed by atoms with van der Waals surface area (Å²) >= 11 is 1.68. The molecule has 7 nitrogen and oxygen atoms in total. The molecule has 5 rings (SSSR count). The first-order valence-electron chi connectivity index (χ1n) is 10.2. The lowest BCUT2D eigenvalue weighted by atomic mass is 10.0. The summed E-state index contributed by atoms with van der Waals surface area (Å²) in [6.07, 6.45) is 3.31. The molecule has 1 aliphatic rings. The molecule has 1 saturated heterocycles. The van der Waals surface area contributed by atoms with Gasteiger partial charge in [0, 0.05) is 29.6 Å². The van der Waals surface area contributed by atoms with Gasteiger partial charge >= 0.3 is 0 Å². The number of aryl methyl sites for hydroxylation is 2. The number of nitrogens with zero attached hydrogens (tertiary/aromatic N) is 4. The monoisotopic (exact) mass is 421 g/mol. The lowest BCUT2D eigenvalue weighted by molar-refractivity contribution is -0.134. The van der Waals surface area contributed by atoms with Crippen molar-refractivity contribution in [3.8, 4) is 0 Å². The Kier molecular flexibility index (Phi) is 4.66. The van der Waals surface area contributed by atoms with Crippen molar-refractivity contribution in [3.63, 3.8) is 0 Å². The van der Waals surface area contributed by atoms with Crippen molar-refractivity contribution >= 4 is 33.1 Å². The second-order valence-electron chi connectivity index (χ2n) is 7.87. The third kappa shape index (κ3) is 3.21. The Bertz CT molecular complexity index is 1290. The van der Waals surface area contributed by atoms with Gasteiger partial charge < -0.3 is 4.90 Å². The molecule has 0 spiro atoms. The number of carbonyl (C=O) groups excluding carboxylic acids is 1. The molecule has 1 aliphatic heterocycles. The summed E-state index contributed by atoms with van der Waals surface area (Å²) in [5.41, 5.74) is 3.88. The number of hydrogen-bond acceptors (Lipinski definition) is 5. The van der Waals surface area contributed by atoms with Crippen LogP contribution in [0.5, 0.6) is 0 Å². The van der Waals surface area contributed by atoms with Crippen LogP contribution < -0.4 is 5.56 Å². The number of hydrogen-bond donors (Lipinski definition) is 1. The second-order valence-corrected chi connectivity index (χ2v) is 8.93. The van der Waals surface area contributed by atoms with Crippen molar-refractivity contribution in [1.82, 2.24) is 24.5 Å². The van der Waals surface area contributed by atoms with Crippen LogP contribution in [0.2, 0.25) is 0 Å². The van der Waals surface area contributed by atoms with Crippen LogP contribution in [-0.4, -0.2) is 36.9 Å². The van der Waals surface area contributed by atoms with E-state index in [9.17, 15) is 9.59 Å². The maximum atomic E-state index is 13.4. The lowest BCUT2D eigenvalue weighted by Gasteiger charge is -2.35. The summed E-state index contributed by atoms with van der Waals surface area (Å²) in [7, 11) is 0. The summed E-state index contributed by atoms with van der Waals surface area (Å²) in [6.45, 7) is 4.56. The molecule has 0 saturated carbocycles. The molecule has 30 heavy (non-hydrogen) atoms. The first-order chi connectivity index (χ1) is 14.5. The van der Waals surface area contributed by atoms with E-state index >= 15 is 0 Å². The number of nitrogens with one attached hydrogen (secondary N) is 1. The smallest absolute Gasteiger partial charge is 0.266 e. The summed E-state index contributed by atoms with van der Waals surface area (Å²) in [5, 5.41) is 3.78. The van der Waals surface area contributed by atoms with Crippen LogP contribution in [-0.2, 0) is 11.2 Å². The normalized spacial score (nSPS) is 17.1. The van der Waals surface area contributed by atoms with Crippen LogP contribution in [0.4, 0.5) is 0 Å². The minimum Gasteiger partial charge on any atom is -0.333 e. The van der Waals surface area contributed by atoms with Gasteiger partial charge in [-0.3, -0.25) is 14.7 Å². The summed E-state index contributed by atoms with van der Waals surface area (Å²) in [6, 6.07) is 9.61. The number of piperidine rings is 1. The Hall–Kier alpha value is -3.00. The van der Waals surface area contributed by atoms with Crippen molar-refractivity contribution in [2.75, 3.05) is 6.54 Å². The molecule has 8 heteroatoms. The van der Waals surface area contributed by atoms with E-state index in [0.29, 0.717) is 5.65 Å². The van der Waals surface area contributed by atoms with E-state index in [-0.39, 0.29) is 23.9 Å². The molecule has 4 aromatic rings. The Morgan fingerprint density at radius 3 is 2.90 bits per heavy atom. The maximum Gasteiger partial charge on any atom is 0.266 e. The Morgan fingerprint density at radius 2 is 2.07 bits per heavy atom. The molecule has 1 aromatic carbocycles. The third-order valence-corrected chi connectivity index (χ3v) is 7.09. The van der Waals surface area contributed by atoms with Gasteiger partial charge in [-0.05, 0) is 45.2 Å². The molecule has 1 unspecified atom stereocenters. The number of thiazole rings is 1. The predicted octanol–water partition coefficient (Wildman–Crippen LogP) is 3.55. The van der Waals surface area contributed by atoms with E-state index < -0.39 is 0 Å². The number of amides is 1. The number of H-pyrrole nitrogens is 1. The molecule has 3 aromatic heterocycles. The van der Waals surface area contributed by atoms with E-state index in [1.165, 1.54) is 6.07 Å². The fourth-order valence-corrected chi connectivity index (χ4v) is 5.50. The molecule has 0 radical (unpaired) electrons. The molecule has 1 amide bonds. The van der Waals surface area contributed by atoms with Crippen molar-refractivity contribution in [3.05, 3.63) is 62.6 Å². The van der Waals surface area contributed by atoms with Crippen molar-refractivity contribution < 1.29 is 4.79 Å². The fourth-order valence-electron chi connectivity index (χ4n) is 4.38. The average Bonchev–Trinajstić information content (AvgIpc) is 3.34. The number of aromatic amines is 1. The van der Waals surface area contributed by atoms with Gasteiger partial charge in [-0.15, -0.1) is 11.3 Å².